The molecule has 1 aromatic rings. The van der Waals surface area contributed by atoms with Gasteiger partial charge in [0.05, 0.1) is 0 Å². The van der Waals surface area contributed by atoms with Gasteiger partial charge in [0.15, 0.2) is 0 Å². The van der Waals surface area contributed by atoms with Crippen molar-refractivity contribution in [3.8, 4) is 0 Å². The average molecular weight is 358 g/mol. The van der Waals surface area contributed by atoms with E-state index in [1.807, 2.05) is 11.3 Å². The van der Waals surface area contributed by atoms with Crippen LogP contribution in [0.2, 0.25) is 0 Å². The normalized spacial score (nSPS) is 21.0. The van der Waals surface area contributed by atoms with Crippen LogP contribution in [-0.4, -0.2) is 12.6 Å². The van der Waals surface area contributed by atoms with Crippen molar-refractivity contribution in [3.05, 3.63) is 20.8 Å². The van der Waals surface area contributed by atoms with Crippen LogP contribution < -0.4 is 5.32 Å². The molecule has 0 bridgehead atoms. The van der Waals surface area contributed by atoms with Gasteiger partial charge in [-0.15, -0.1) is 11.3 Å². The first-order valence-electron chi connectivity index (χ1n) is 7.96. The Kier molecular flexibility index (Phi) is 6.12. The molecule has 1 N–H and O–H groups in total. The van der Waals surface area contributed by atoms with Gasteiger partial charge in [0.2, 0.25) is 0 Å². The molecule has 0 aliphatic heterocycles. The van der Waals surface area contributed by atoms with E-state index in [1.165, 1.54) is 47.9 Å². The van der Waals surface area contributed by atoms with Crippen LogP contribution >= 0.6 is 27.3 Å². The monoisotopic (exact) mass is 357 g/mol. The predicted molar refractivity (Wildman–Crippen MR) is 93.5 cm³/mol. The lowest BCUT2D eigenvalue weighted by Crippen LogP contribution is -2.41. The number of thiophene rings is 1. The molecule has 1 saturated carbocycles. The van der Waals surface area contributed by atoms with Gasteiger partial charge in [-0.3, -0.25) is 0 Å². The Morgan fingerprint density at radius 1 is 1.40 bits per heavy atom. The van der Waals surface area contributed by atoms with Gasteiger partial charge in [0.25, 0.3) is 0 Å². The number of hydrogen-bond donors (Lipinski definition) is 1. The zero-order chi connectivity index (χ0) is 14.6. The van der Waals surface area contributed by atoms with E-state index in [9.17, 15) is 0 Å². The number of nitrogens with one attached hydrogen (secondary N) is 1. The first-order chi connectivity index (χ1) is 9.50. The Morgan fingerprint density at radius 2 is 2.10 bits per heavy atom. The maximum atomic E-state index is 3.82. The third kappa shape index (κ3) is 4.85. The molecule has 1 aliphatic rings. The van der Waals surface area contributed by atoms with E-state index in [2.05, 4.69) is 53.5 Å². The van der Waals surface area contributed by atoms with Crippen LogP contribution in [0.4, 0.5) is 0 Å². The molecule has 20 heavy (non-hydrogen) atoms. The van der Waals surface area contributed by atoms with Crippen molar-refractivity contribution >= 4 is 27.3 Å². The first-order valence-corrected chi connectivity index (χ1v) is 9.64. The summed E-state index contributed by atoms with van der Waals surface area (Å²) in [6.45, 7) is 8.26. The summed E-state index contributed by atoms with van der Waals surface area (Å²) in [5.41, 5.74) is 0.567. The maximum Gasteiger partial charge on any atom is 0.0285 e. The van der Waals surface area contributed by atoms with E-state index in [4.69, 9.17) is 0 Å². The third-order valence-corrected chi connectivity index (χ3v) is 6.37. The number of halogens is 1. The first kappa shape index (κ1) is 16.5. The second-order valence-electron chi connectivity index (χ2n) is 7.00. The fourth-order valence-electron chi connectivity index (χ4n) is 3.24. The fourth-order valence-corrected chi connectivity index (χ4v) is 4.75. The molecule has 2 rings (SSSR count). The minimum atomic E-state index is 0.567. The molecule has 1 heterocycles. The number of rotatable bonds is 6. The zero-order valence-corrected chi connectivity index (χ0v) is 15.4. The van der Waals surface area contributed by atoms with Crippen LogP contribution in [0.3, 0.4) is 0 Å². The smallest absolute Gasteiger partial charge is 0.0285 e. The largest absolute Gasteiger partial charge is 0.313 e. The molecular formula is C17H28BrNS. The predicted octanol–water partition coefficient (Wildman–Crippen LogP) is 5.64. The molecule has 0 aromatic carbocycles. The van der Waals surface area contributed by atoms with Gasteiger partial charge in [-0.05, 0) is 78.4 Å². The van der Waals surface area contributed by atoms with Crippen LogP contribution in [0.5, 0.6) is 0 Å². The number of hydrogen-bond acceptors (Lipinski definition) is 2. The summed E-state index contributed by atoms with van der Waals surface area (Å²) in [6, 6.07) is 2.95. The van der Waals surface area contributed by atoms with Crippen molar-refractivity contribution < 1.29 is 0 Å². The van der Waals surface area contributed by atoms with Crippen molar-refractivity contribution in [2.45, 2.75) is 65.3 Å². The van der Waals surface area contributed by atoms with Crippen LogP contribution in [0.1, 0.15) is 57.8 Å². The molecule has 1 aromatic heterocycles. The average Bonchev–Trinajstić information content (AvgIpc) is 2.80. The Bertz CT molecular complexity index is 403. The molecule has 0 saturated heterocycles. The summed E-state index contributed by atoms with van der Waals surface area (Å²) in [5, 5.41) is 6.02. The third-order valence-electron chi connectivity index (χ3n) is 4.65. The lowest BCUT2D eigenvalue weighted by atomic mass is 9.70. The molecule has 1 fully saturated rings. The van der Waals surface area contributed by atoms with Gasteiger partial charge in [0, 0.05) is 20.8 Å². The van der Waals surface area contributed by atoms with Gasteiger partial charge in [-0.1, -0.05) is 20.8 Å². The van der Waals surface area contributed by atoms with Crippen LogP contribution in [0, 0.1) is 11.3 Å². The van der Waals surface area contributed by atoms with Crippen molar-refractivity contribution in [1.29, 1.82) is 0 Å². The molecule has 114 valence electrons. The Labute approximate surface area is 136 Å². The van der Waals surface area contributed by atoms with Gasteiger partial charge in [-0.2, -0.15) is 0 Å². The lowest BCUT2D eigenvalue weighted by Gasteiger charge is -2.38. The topological polar surface area (TPSA) is 12.0 Å². The maximum absolute atomic E-state index is 3.82. The van der Waals surface area contributed by atoms with Crippen molar-refractivity contribution in [2.24, 2.45) is 11.3 Å². The van der Waals surface area contributed by atoms with E-state index >= 15 is 0 Å². The Balaban J connectivity index is 1.96. The highest BCUT2D eigenvalue weighted by atomic mass is 79.9. The minimum Gasteiger partial charge on any atom is -0.313 e. The highest BCUT2D eigenvalue weighted by molar-refractivity contribution is 9.10. The Hall–Kier alpha value is 0.140. The molecule has 0 spiro atoms. The van der Waals surface area contributed by atoms with Crippen LogP contribution in [0.25, 0.3) is 0 Å². The molecule has 0 radical (unpaired) electrons. The molecule has 1 nitrogen and oxygen atoms in total. The zero-order valence-electron chi connectivity index (χ0n) is 13.0. The van der Waals surface area contributed by atoms with Crippen LogP contribution in [-0.2, 0) is 6.42 Å². The van der Waals surface area contributed by atoms with Crippen molar-refractivity contribution in [1.82, 2.24) is 5.32 Å². The second kappa shape index (κ2) is 7.42. The van der Waals surface area contributed by atoms with E-state index < -0.39 is 0 Å². The molecule has 1 aliphatic carbocycles. The SMILES string of the molecule is CCCNC(Cc1cc(Br)cs1)C1CCC(C)(C)CC1. The summed E-state index contributed by atoms with van der Waals surface area (Å²) in [7, 11) is 0. The molecule has 1 atom stereocenters. The highest BCUT2D eigenvalue weighted by Gasteiger charge is 2.31. The van der Waals surface area contributed by atoms with E-state index in [0.717, 1.165) is 12.5 Å². The van der Waals surface area contributed by atoms with E-state index in [1.54, 1.807) is 0 Å². The summed E-state index contributed by atoms with van der Waals surface area (Å²) >= 11 is 5.46. The minimum absolute atomic E-state index is 0.567. The fraction of sp³-hybridized carbons (Fsp3) is 0.765. The Morgan fingerprint density at radius 3 is 2.65 bits per heavy atom. The van der Waals surface area contributed by atoms with E-state index in [-0.39, 0.29) is 0 Å². The highest BCUT2D eigenvalue weighted by Crippen LogP contribution is 2.40. The molecule has 0 amide bonds. The summed E-state index contributed by atoms with van der Waals surface area (Å²) in [5.74, 6) is 0.857. The molecule has 3 heteroatoms. The summed E-state index contributed by atoms with van der Waals surface area (Å²) in [6.07, 6.45) is 7.97. The second-order valence-corrected chi connectivity index (χ2v) is 8.91. The van der Waals surface area contributed by atoms with Crippen molar-refractivity contribution in [3.63, 3.8) is 0 Å². The van der Waals surface area contributed by atoms with Gasteiger partial charge < -0.3 is 5.32 Å². The summed E-state index contributed by atoms with van der Waals surface area (Å²) < 4.78 is 1.23. The quantitative estimate of drug-likeness (QED) is 0.694. The molecular weight excluding hydrogens is 330 g/mol. The summed E-state index contributed by atoms with van der Waals surface area (Å²) in [4.78, 5) is 1.51. The van der Waals surface area contributed by atoms with Gasteiger partial charge in [0.1, 0.15) is 0 Å². The van der Waals surface area contributed by atoms with Crippen molar-refractivity contribution in [2.75, 3.05) is 6.54 Å². The van der Waals surface area contributed by atoms with Gasteiger partial charge >= 0.3 is 0 Å². The van der Waals surface area contributed by atoms with E-state index in [0.29, 0.717) is 11.5 Å². The standard InChI is InChI=1S/C17H28BrNS/c1-4-9-19-16(11-15-10-14(18)12-20-15)13-5-7-17(2,3)8-6-13/h10,12-13,16,19H,4-9,11H2,1-3H3. The van der Waals surface area contributed by atoms with Gasteiger partial charge in [-0.25, -0.2) is 0 Å². The lowest BCUT2D eigenvalue weighted by molar-refractivity contribution is 0.161. The van der Waals surface area contributed by atoms with Crippen LogP contribution in [0.15, 0.2) is 15.9 Å². The molecule has 1 unspecified atom stereocenters.